The summed E-state index contributed by atoms with van der Waals surface area (Å²) in [6.07, 6.45) is 4.08. The minimum Gasteiger partial charge on any atom is -0.396 e. The molecule has 0 amide bonds. The highest BCUT2D eigenvalue weighted by Crippen LogP contribution is 2.63. The molecule has 34 heavy (non-hydrogen) atoms. The second kappa shape index (κ2) is 8.63. The van der Waals surface area contributed by atoms with E-state index in [0.717, 1.165) is 37.1 Å². The second-order valence-corrected chi connectivity index (χ2v) is 10.0. The molecule has 1 aromatic carbocycles. The number of hydrogen-bond acceptors (Lipinski definition) is 6. The molecule has 1 N–H and O–H groups in total. The van der Waals surface area contributed by atoms with Gasteiger partial charge in [0, 0.05) is 31.3 Å². The molecular weight excluding hydrogens is 426 g/mol. The standard InChI is InChI=1S/C25H31N5O2.C2H6/c1-17-11-20(29-10-9-19(12-29)18-7-5-4-6-8-18)13-30-22(17)26-23(27-30)25-15-24(16-32-25,28(2)3)21(25)14-31;1-2/h4-8,11,13,19,21,31H,9-10,12,14-16H2,1-3H3;1-2H3. The number of aryl methyl sites for hydroxylation is 1. The van der Waals surface area contributed by atoms with Gasteiger partial charge < -0.3 is 19.6 Å². The van der Waals surface area contributed by atoms with Gasteiger partial charge in [-0.05, 0) is 44.6 Å². The fraction of sp³-hybridized carbons (Fsp3) is 0.556. The van der Waals surface area contributed by atoms with Crippen molar-refractivity contribution in [3.8, 4) is 0 Å². The van der Waals surface area contributed by atoms with Crippen LogP contribution in [0.25, 0.3) is 5.65 Å². The number of ether oxygens (including phenoxy) is 1. The number of anilines is 1. The number of aliphatic hydroxyl groups is 1. The molecule has 3 aromatic rings. The van der Waals surface area contributed by atoms with Gasteiger partial charge >= 0.3 is 0 Å². The normalized spacial score (nSPS) is 29.9. The zero-order chi connectivity index (χ0) is 24.1. The van der Waals surface area contributed by atoms with Crippen LogP contribution >= 0.6 is 0 Å². The van der Waals surface area contributed by atoms with Gasteiger partial charge in [0.05, 0.1) is 30.6 Å². The van der Waals surface area contributed by atoms with E-state index in [2.05, 4.69) is 73.4 Å². The van der Waals surface area contributed by atoms with Crippen LogP contribution in [0.1, 0.15) is 49.6 Å². The largest absolute Gasteiger partial charge is 0.396 e. The molecule has 7 heteroatoms. The summed E-state index contributed by atoms with van der Waals surface area (Å²) in [4.78, 5) is 9.54. The summed E-state index contributed by atoms with van der Waals surface area (Å²) in [5, 5.41) is 15.1. The van der Waals surface area contributed by atoms with E-state index >= 15 is 0 Å². The molecule has 4 fully saturated rings. The van der Waals surface area contributed by atoms with Crippen LogP contribution in [-0.2, 0) is 10.3 Å². The van der Waals surface area contributed by atoms with Crippen LogP contribution in [-0.4, -0.2) is 70.5 Å². The highest BCUT2D eigenvalue weighted by atomic mass is 16.5. The van der Waals surface area contributed by atoms with Crippen molar-refractivity contribution < 1.29 is 9.84 Å². The van der Waals surface area contributed by atoms with E-state index < -0.39 is 5.60 Å². The molecule has 4 atom stereocenters. The van der Waals surface area contributed by atoms with Gasteiger partial charge in [-0.2, -0.15) is 0 Å². The molecule has 4 aliphatic rings. The summed E-state index contributed by atoms with van der Waals surface area (Å²) in [6.45, 7) is 8.84. The van der Waals surface area contributed by atoms with Crippen LogP contribution in [0.15, 0.2) is 42.6 Å². The lowest BCUT2D eigenvalue weighted by Gasteiger charge is -2.53. The van der Waals surface area contributed by atoms with Crippen molar-refractivity contribution >= 4 is 11.3 Å². The molecule has 2 bridgehead atoms. The van der Waals surface area contributed by atoms with E-state index in [9.17, 15) is 5.11 Å². The molecule has 5 heterocycles. The Labute approximate surface area is 202 Å². The quantitative estimate of drug-likeness (QED) is 0.624. The summed E-state index contributed by atoms with van der Waals surface area (Å²) in [7, 11) is 4.13. The maximum absolute atomic E-state index is 10.2. The van der Waals surface area contributed by atoms with Crippen LogP contribution < -0.4 is 4.90 Å². The van der Waals surface area contributed by atoms with E-state index in [1.54, 1.807) is 0 Å². The van der Waals surface area contributed by atoms with E-state index in [0.29, 0.717) is 18.3 Å². The van der Waals surface area contributed by atoms with Gasteiger partial charge in [-0.3, -0.25) is 0 Å². The third-order valence-electron chi connectivity index (χ3n) is 8.24. The Kier molecular flexibility index (Phi) is 5.91. The van der Waals surface area contributed by atoms with Crippen molar-refractivity contribution in [3.05, 3.63) is 59.5 Å². The molecule has 1 saturated carbocycles. The fourth-order valence-corrected chi connectivity index (χ4v) is 6.25. The molecule has 182 valence electrons. The number of rotatable bonds is 5. The number of benzene rings is 1. The van der Waals surface area contributed by atoms with Gasteiger partial charge in [0.25, 0.3) is 0 Å². The average molecular weight is 464 g/mol. The molecule has 3 aliphatic heterocycles. The van der Waals surface area contributed by atoms with Gasteiger partial charge in [0.2, 0.25) is 0 Å². The van der Waals surface area contributed by atoms with E-state index in [1.807, 2.05) is 18.4 Å². The van der Waals surface area contributed by atoms with E-state index in [1.165, 1.54) is 11.3 Å². The van der Waals surface area contributed by atoms with Gasteiger partial charge in [-0.1, -0.05) is 44.2 Å². The van der Waals surface area contributed by atoms with Crippen LogP contribution in [0.5, 0.6) is 0 Å². The first kappa shape index (κ1) is 23.3. The van der Waals surface area contributed by atoms with Crippen molar-refractivity contribution in [2.75, 3.05) is 45.3 Å². The number of aromatic nitrogens is 3. The minimum absolute atomic E-state index is 0.00704. The second-order valence-electron chi connectivity index (χ2n) is 10.0. The fourth-order valence-electron chi connectivity index (χ4n) is 6.25. The van der Waals surface area contributed by atoms with Gasteiger partial charge in [-0.15, -0.1) is 5.10 Å². The van der Waals surface area contributed by atoms with E-state index in [4.69, 9.17) is 14.8 Å². The molecule has 7 nitrogen and oxygen atoms in total. The predicted octanol–water partition coefficient (Wildman–Crippen LogP) is 3.60. The summed E-state index contributed by atoms with van der Waals surface area (Å²) >= 11 is 0. The molecule has 1 aliphatic carbocycles. The Morgan fingerprint density at radius 3 is 2.68 bits per heavy atom. The smallest absolute Gasteiger partial charge is 0.184 e. The van der Waals surface area contributed by atoms with Crippen molar-refractivity contribution in [1.82, 2.24) is 19.5 Å². The first-order chi connectivity index (χ1) is 16.5. The number of fused-ring (bicyclic) bond motifs is 2. The Morgan fingerprint density at radius 2 is 1.97 bits per heavy atom. The Balaban J connectivity index is 0.00000117. The first-order valence-corrected chi connectivity index (χ1v) is 12.6. The van der Waals surface area contributed by atoms with Crippen LogP contribution in [0, 0.1) is 12.8 Å². The van der Waals surface area contributed by atoms with Crippen molar-refractivity contribution in [2.24, 2.45) is 5.92 Å². The predicted molar refractivity (Wildman–Crippen MR) is 134 cm³/mol. The number of pyridine rings is 1. The maximum atomic E-state index is 10.2. The highest BCUT2D eigenvalue weighted by Gasteiger charge is 2.73. The monoisotopic (exact) mass is 463 g/mol. The van der Waals surface area contributed by atoms with E-state index in [-0.39, 0.29) is 18.1 Å². The molecule has 0 radical (unpaired) electrons. The lowest BCUT2D eigenvalue weighted by Crippen LogP contribution is -2.65. The zero-order valence-electron chi connectivity index (χ0n) is 21.0. The topological polar surface area (TPSA) is 66.1 Å². The van der Waals surface area contributed by atoms with Gasteiger partial charge in [0.15, 0.2) is 11.5 Å². The van der Waals surface area contributed by atoms with Crippen LogP contribution in [0.2, 0.25) is 0 Å². The number of likely N-dealkylation sites (N-methyl/N-ethyl adjacent to an activating group) is 1. The number of hydrogen-bond donors (Lipinski definition) is 1. The molecule has 3 saturated heterocycles. The van der Waals surface area contributed by atoms with Crippen molar-refractivity contribution in [2.45, 2.75) is 50.7 Å². The number of aliphatic hydroxyl groups excluding tert-OH is 1. The maximum Gasteiger partial charge on any atom is 0.184 e. The minimum atomic E-state index is -0.580. The summed E-state index contributed by atoms with van der Waals surface area (Å²) in [5.41, 5.74) is 3.88. The first-order valence-electron chi connectivity index (χ1n) is 12.6. The summed E-state index contributed by atoms with van der Waals surface area (Å²) in [6, 6.07) is 13.0. The van der Waals surface area contributed by atoms with Gasteiger partial charge in [-0.25, -0.2) is 9.50 Å². The Bertz CT molecular complexity index is 1160. The molecule has 7 rings (SSSR count). The highest BCUT2D eigenvalue weighted by molar-refractivity contribution is 5.58. The lowest BCUT2D eigenvalue weighted by molar-refractivity contribution is -0.121. The van der Waals surface area contributed by atoms with Crippen LogP contribution in [0.3, 0.4) is 0 Å². The summed E-state index contributed by atoms with van der Waals surface area (Å²) in [5.74, 6) is 1.26. The molecular formula is C27H37N5O2. The van der Waals surface area contributed by atoms with Crippen molar-refractivity contribution in [3.63, 3.8) is 0 Å². The zero-order valence-corrected chi connectivity index (χ0v) is 21.0. The van der Waals surface area contributed by atoms with Crippen LogP contribution in [0.4, 0.5) is 5.69 Å². The average Bonchev–Trinajstić information content (AvgIpc) is 3.62. The van der Waals surface area contributed by atoms with Crippen molar-refractivity contribution in [1.29, 1.82) is 0 Å². The third-order valence-corrected chi connectivity index (χ3v) is 8.24. The third kappa shape index (κ3) is 3.28. The number of nitrogens with zero attached hydrogens (tertiary/aromatic N) is 5. The summed E-state index contributed by atoms with van der Waals surface area (Å²) < 4.78 is 8.19. The Hall–Kier alpha value is -2.48. The molecule has 0 spiro atoms. The van der Waals surface area contributed by atoms with Gasteiger partial charge in [0.1, 0.15) is 5.60 Å². The molecule has 2 aromatic heterocycles. The molecule has 4 unspecified atom stereocenters. The SMILES string of the molecule is CC.Cc1cc(N2CCC(c3ccccc3)C2)cn2nc(C34CC(N(C)C)(CO3)C4CO)nc12. The Morgan fingerprint density at radius 1 is 1.21 bits per heavy atom. The lowest BCUT2D eigenvalue weighted by atomic mass is 9.58.